The van der Waals surface area contributed by atoms with Crippen LogP contribution in [-0.2, 0) is 4.79 Å². The Morgan fingerprint density at radius 1 is 1.25 bits per heavy atom. The molecule has 2 fully saturated rings. The van der Waals surface area contributed by atoms with E-state index in [1.807, 2.05) is 37.3 Å². The lowest BCUT2D eigenvalue weighted by Gasteiger charge is -2.29. The highest BCUT2D eigenvalue weighted by Gasteiger charge is 2.37. The van der Waals surface area contributed by atoms with Crippen molar-refractivity contribution >= 4 is 35.2 Å². The summed E-state index contributed by atoms with van der Waals surface area (Å²) >= 11 is 6.03. The van der Waals surface area contributed by atoms with Gasteiger partial charge < -0.3 is 5.32 Å². The highest BCUT2D eigenvalue weighted by molar-refractivity contribution is 6.30. The summed E-state index contributed by atoms with van der Waals surface area (Å²) in [5.41, 5.74) is 6.94. The van der Waals surface area contributed by atoms with Gasteiger partial charge in [0.1, 0.15) is 12.4 Å². The minimum Gasteiger partial charge on any atom is -0.351 e. The molecule has 5 rings (SSSR count). The first-order valence-corrected chi connectivity index (χ1v) is 14.5. The van der Waals surface area contributed by atoms with Crippen LogP contribution in [0.15, 0.2) is 52.7 Å². The van der Waals surface area contributed by atoms with Crippen LogP contribution in [0.1, 0.15) is 54.4 Å². The summed E-state index contributed by atoms with van der Waals surface area (Å²) in [6.07, 6.45) is 13.9. The molecule has 1 aromatic rings. The number of benzene rings is 1. The van der Waals surface area contributed by atoms with E-state index < -0.39 is 5.92 Å². The van der Waals surface area contributed by atoms with Crippen LogP contribution in [-0.4, -0.2) is 66.8 Å². The molecule has 1 N–H and O–H groups in total. The van der Waals surface area contributed by atoms with Gasteiger partial charge in [-0.25, -0.2) is 8.78 Å². The molecule has 0 radical (unpaired) electrons. The van der Waals surface area contributed by atoms with Crippen LogP contribution >= 0.6 is 11.6 Å². The van der Waals surface area contributed by atoms with E-state index in [0.717, 1.165) is 58.8 Å². The van der Waals surface area contributed by atoms with Crippen LogP contribution in [0.5, 0.6) is 0 Å². The van der Waals surface area contributed by atoms with Crippen LogP contribution in [0.25, 0.3) is 11.9 Å². The van der Waals surface area contributed by atoms with E-state index >= 15 is 0 Å². The highest BCUT2D eigenvalue weighted by atomic mass is 35.5. The molecule has 5 nitrogen and oxygen atoms in total. The summed E-state index contributed by atoms with van der Waals surface area (Å²) in [5, 5.41) is 5.65. The third-order valence-electron chi connectivity index (χ3n) is 8.49. The third kappa shape index (κ3) is 6.72. The predicted octanol–water partition coefficient (Wildman–Crippen LogP) is 4.30. The Kier molecular flexibility index (Phi) is 8.30. The summed E-state index contributed by atoms with van der Waals surface area (Å²) in [6, 6.07) is 3.73. The Bertz CT molecular complexity index is 1470. The number of nitrogens with one attached hydrogen (secondary N) is 1. The second kappa shape index (κ2) is 11.6. The molecule has 2 aliphatic heterocycles. The van der Waals surface area contributed by atoms with Crippen molar-refractivity contribution in [3.05, 3.63) is 74.3 Å². The molecule has 0 aromatic heterocycles. The van der Waals surface area contributed by atoms with E-state index in [1.54, 1.807) is 4.90 Å². The van der Waals surface area contributed by atoms with E-state index in [4.69, 9.17) is 11.6 Å². The highest BCUT2D eigenvalue weighted by Crippen LogP contribution is 2.33. The van der Waals surface area contributed by atoms with Gasteiger partial charge in [0.2, 0.25) is 0 Å². The number of likely N-dealkylation sites (tertiary alicyclic amines) is 1. The number of nitrogens with zero attached hydrogens (tertiary/aromatic N) is 2. The molecule has 2 aliphatic carbocycles. The van der Waals surface area contributed by atoms with Crippen molar-refractivity contribution in [2.24, 2.45) is 5.92 Å². The van der Waals surface area contributed by atoms with Crippen molar-refractivity contribution in [3.63, 3.8) is 0 Å². The first kappa shape index (κ1) is 28.7. The predicted molar refractivity (Wildman–Crippen MR) is 154 cm³/mol. The minimum absolute atomic E-state index is 0.1000. The second-order valence-corrected chi connectivity index (χ2v) is 12.3. The second-order valence-electron chi connectivity index (χ2n) is 11.9. The lowest BCUT2D eigenvalue weighted by atomic mass is 9.98. The smallest absolute Gasteiger partial charge is 0.261 e. The van der Waals surface area contributed by atoms with Crippen molar-refractivity contribution in [1.29, 1.82) is 0 Å². The topological polar surface area (TPSA) is 49.4 Å². The number of halogens is 3. The number of carbonyl (C=O) groups excluding carboxylic acids is 2. The fraction of sp³-hybridized carbons (Fsp3) is 0.469. The third-order valence-corrected chi connectivity index (χ3v) is 8.80. The van der Waals surface area contributed by atoms with Crippen molar-refractivity contribution in [3.8, 4) is 0 Å². The van der Waals surface area contributed by atoms with Gasteiger partial charge in [-0.3, -0.25) is 19.0 Å². The zero-order valence-corrected chi connectivity index (χ0v) is 24.0. The average Bonchev–Trinajstić information content (AvgIpc) is 3.49. The van der Waals surface area contributed by atoms with Gasteiger partial charge in [-0.15, -0.1) is 0 Å². The number of amides is 1. The van der Waals surface area contributed by atoms with Gasteiger partial charge in [0.25, 0.3) is 11.8 Å². The molecule has 2 unspecified atom stereocenters. The molecule has 212 valence electrons. The van der Waals surface area contributed by atoms with Crippen LogP contribution in [0.2, 0.25) is 0 Å². The number of ketones is 1. The Balaban J connectivity index is 1.23. The average molecular weight is 569 g/mol. The van der Waals surface area contributed by atoms with Gasteiger partial charge in [0.15, 0.2) is 5.78 Å². The van der Waals surface area contributed by atoms with Crippen molar-refractivity contribution < 1.29 is 22.9 Å². The SMILES string of the molecule is Cc1c(C(=O)NCCN2CCC(F)(F)C2)ccc2c1=C[N+](C)(CC1CCC(=CC(=O)C3=CC=C(Cl)CC3)C1)C=C=2. The summed E-state index contributed by atoms with van der Waals surface area (Å²) in [7, 11) is 2.14. The maximum atomic E-state index is 13.4. The fourth-order valence-electron chi connectivity index (χ4n) is 6.24. The normalized spacial score (nSPS) is 26.5. The lowest BCUT2D eigenvalue weighted by molar-refractivity contribution is -0.781. The zero-order valence-electron chi connectivity index (χ0n) is 23.2. The molecule has 40 heavy (non-hydrogen) atoms. The standard InChI is InChI=1S/C32H36ClF2N3O2/c1-22-28(31(40)36-13-15-37-14-12-32(34,35)21-37)10-7-25-11-16-38(2,20-29(22)25)19-24-4-3-23(17-24)18-30(39)26-5-8-27(33)9-6-26/h5,7-8,10,16,18,20,24H,3-4,6,9,12-15,17,19,21H2,1-2H3/p+1. The van der Waals surface area contributed by atoms with Gasteiger partial charge in [-0.2, -0.15) is 0 Å². The molecule has 0 bridgehead atoms. The van der Waals surface area contributed by atoms with Gasteiger partial charge in [0, 0.05) is 53.0 Å². The maximum Gasteiger partial charge on any atom is 0.261 e. The molecule has 1 saturated heterocycles. The van der Waals surface area contributed by atoms with Gasteiger partial charge >= 0.3 is 0 Å². The molecule has 1 aromatic carbocycles. The number of carbonyl (C=O) groups is 2. The monoisotopic (exact) mass is 568 g/mol. The molecule has 2 heterocycles. The number of alkyl halides is 2. The van der Waals surface area contributed by atoms with Crippen molar-refractivity contribution in [1.82, 2.24) is 10.2 Å². The van der Waals surface area contributed by atoms with Gasteiger partial charge in [0.05, 0.1) is 20.1 Å². The molecule has 2 atom stereocenters. The van der Waals surface area contributed by atoms with Crippen molar-refractivity contribution in [2.45, 2.75) is 51.4 Å². The van der Waals surface area contributed by atoms with E-state index in [1.165, 1.54) is 5.57 Å². The van der Waals surface area contributed by atoms with E-state index in [9.17, 15) is 18.4 Å². The first-order valence-electron chi connectivity index (χ1n) is 14.1. The largest absolute Gasteiger partial charge is 0.351 e. The number of hydrogen-bond donors (Lipinski definition) is 1. The molecular formula is C32H37ClF2N3O2+. The van der Waals surface area contributed by atoms with Crippen LogP contribution < -0.4 is 15.8 Å². The van der Waals surface area contributed by atoms with Gasteiger partial charge in [-0.1, -0.05) is 29.0 Å². The van der Waals surface area contributed by atoms with Crippen LogP contribution in [0.4, 0.5) is 8.78 Å². The minimum atomic E-state index is -2.63. The van der Waals surface area contributed by atoms with E-state index in [2.05, 4.69) is 30.5 Å². The molecule has 8 heteroatoms. The fourth-order valence-corrected chi connectivity index (χ4v) is 6.40. The Hall–Kier alpha value is -2.83. The summed E-state index contributed by atoms with van der Waals surface area (Å²) in [5.74, 6) is -2.27. The maximum absolute atomic E-state index is 13.4. The number of allylic oxidation sites excluding steroid dienone is 6. The first-order chi connectivity index (χ1) is 19.0. The van der Waals surface area contributed by atoms with Crippen LogP contribution in [0, 0.1) is 12.8 Å². The van der Waals surface area contributed by atoms with Crippen molar-refractivity contribution in [2.75, 3.05) is 39.8 Å². The number of fused-ring (bicyclic) bond motifs is 1. The van der Waals surface area contributed by atoms with Gasteiger partial charge in [-0.05, 0) is 74.4 Å². The van der Waals surface area contributed by atoms with E-state index in [0.29, 0.717) is 42.0 Å². The summed E-state index contributed by atoms with van der Waals surface area (Å²) in [4.78, 5) is 27.4. The zero-order chi connectivity index (χ0) is 28.5. The Morgan fingerprint density at radius 3 is 2.80 bits per heavy atom. The number of quaternary nitrogens is 1. The molecule has 4 aliphatic rings. The van der Waals surface area contributed by atoms with Crippen LogP contribution in [0.3, 0.4) is 0 Å². The Morgan fingerprint density at radius 2 is 2.08 bits per heavy atom. The molecular weight excluding hydrogens is 532 g/mol. The lowest BCUT2D eigenvalue weighted by Crippen LogP contribution is -2.44. The molecule has 1 saturated carbocycles. The molecule has 1 amide bonds. The number of rotatable bonds is 8. The summed E-state index contributed by atoms with van der Waals surface area (Å²) in [6.45, 7) is 3.69. The molecule has 0 spiro atoms. The van der Waals surface area contributed by atoms with E-state index in [-0.39, 0.29) is 24.7 Å². The Labute approximate surface area is 239 Å². The number of hydrogen-bond acceptors (Lipinski definition) is 3. The quantitative estimate of drug-likeness (QED) is 0.376. The summed E-state index contributed by atoms with van der Waals surface area (Å²) < 4.78 is 27.4.